The van der Waals surface area contributed by atoms with Crippen LogP contribution in [0.4, 0.5) is 5.69 Å². The first-order valence-corrected chi connectivity index (χ1v) is 12.6. The molecule has 0 saturated heterocycles. The Bertz CT molecular complexity index is 1160. The van der Waals surface area contributed by atoms with E-state index in [-0.39, 0.29) is 23.0 Å². The normalized spacial score (nSPS) is 11.0. The number of rotatable bonds is 12. The van der Waals surface area contributed by atoms with Gasteiger partial charge in [-0.05, 0) is 49.2 Å². The Balaban J connectivity index is 1.73. The third-order valence-corrected chi connectivity index (χ3v) is 6.34. The van der Waals surface area contributed by atoms with Crippen molar-refractivity contribution in [3.8, 4) is 0 Å². The van der Waals surface area contributed by atoms with Crippen LogP contribution >= 0.6 is 11.8 Å². The molecule has 33 heavy (non-hydrogen) atoms. The van der Waals surface area contributed by atoms with Crippen LogP contribution in [-0.4, -0.2) is 27.0 Å². The third-order valence-electron chi connectivity index (χ3n) is 5.36. The minimum atomic E-state index is -0.0563. The highest BCUT2D eigenvalue weighted by Gasteiger charge is 2.14. The van der Waals surface area contributed by atoms with Gasteiger partial charge in [-0.1, -0.05) is 57.0 Å². The molecule has 0 bridgehead atoms. The van der Waals surface area contributed by atoms with Crippen LogP contribution in [0.2, 0.25) is 0 Å². The molecule has 0 unspecified atom stereocenters. The van der Waals surface area contributed by atoms with Gasteiger partial charge < -0.3 is 5.32 Å². The number of thioether (sulfide) groups is 1. The fraction of sp³-hybridized carbons (Fsp3) is 0.385. The van der Waals surface area contributed by atoms with Gasteiger partial charge in [0.1, 0.15) is 0 Å². The lowest BCUT2D eigenvalue weighted by Crippen LogP contribution is -2.24. The lowest BCUT2D eigenvalue weighted by Gasteiger charge is -2.13. The van der Waals surface area contributed by atoms with E-state index in [0.717, 1.165) is 32.1 Å². The van der Waals surface area contributed by atoms with E-state index in [1.54, 1.807) is 34.9 Å². The molecule has 174 valence electrons. The quantitative estimate of drug-likeness (QED) is 0.161. The number of aromatic nitrogens is 2. The molecule has 0 spiro atoms. The summed E-state index contributed by atoms with van der Waals surface area (Å²) >= 11 is 1.30. The highest BCUT2D eigenvalue weighted by molar-refractivity contribution is 7.99. The molecular weight excluding hydrogens is 434 g/mol. The number of nitrogens with zero attached hydrogens (tertiary/aromatic N) is 2. The molecule has 3 rings (SSSR count). The van der Waals surface area contributed by atoms with Crippen molar-refractivity contribution in [3.05, 3.63) is 64.4 Å². The molecule has 1 N–H and O–H groups in total. The minimum absolute atomic E-state index is 0.0357. The number of anilines is 1. The number of carbonyl (C=O) groups is 2. The van der Waals surface area contributed by atoms with Crippen LogP contribution in [0.3, 0.4) is 0 Å². The summed E-state index contributed by atoms with van der Waals surface area (Å²) in [5.74, 6) is 0.0965. The van der Waals surface area contributed by atoms with Gasteiger partial charge in [0.15, 0.2) is 10.9 Å². The molecule has 0 radical (unpaired) electrons. The Morgan fingerprint density at radius 2 is 1.73 bits per heavy atom. The molecule has 1 aromatic heterocycles. The maximum atomic E-state index is 13.1. The van der Waals surface area contributed by atoms with Crippen LogP contribution in [-0.2, 0) is 11.3 Å². The number of ketones is 1. The van der Waals surface area contributed by atoms with E-state index in [1.807, 2.05) is 25.1 Å². The van der Waals surface area contributed by atoms with Crippen LogP contribution in [0.25, 0.3) is 10.9 Å². The van der Waals surface area contributed by atoms with Gasteiger partial charge in [-0.25, -0.2) is 4.98 Å². The van der Waals surface area contributed by atoms with Gasteiger partial charge in [0.25, 0.3) is 5.56 Å². The van der Waals surface area contributed by atoms with E-state index < -0.39 is 0 Å². The van der Waals surface area contributed by atoms with Crippen molar-refractivity contribution in [2.24, 2.45) is 0 Å². The second kappa shape index (κ2) is 12.3. The summed E-state index contributed by atoms with van der Waals surface area (Å²) in [6.07, 6.45) is 5.47. The Labute approximate surface area is 198 Å². The third kappa shape index (κ3) is 6.78. The van der Waals surface area contributed by atoms with Gasteiger partial charge in [-0.3, -0.25) is 19.0 Å². The summed E-state index contributed by atoms with van der Waals surface area (Å²) in [7, 11) is 0. The zero-order valence-corrected chi connectivity index (χ0v) is 20.1. The fourth-order valence-corrected chi connectivity index (χ4v) is 4.47. The molecule has 0 saturated carbocycles. The number of hydrogen-bond acceptors (Lipinski definition) is 5. The van der Waals surface area contributed by atoms with Crippen molar-refractivity contribution in [1.82, 2.24) is 9.55 Å². The van der Waals surface area contributed by atoms with Crippen LogP contribution in [0.15, 0.2) is 58.5 Å². The lowest BCUT2D eigenvalue weighted by molar-refractivity contribution is -0.116. The summed E-state index contributed by atoms with van der Waals surface area (Å²) in [6, 6.07) is 14.3. The maximum absolute atomic E-state index is 13.1. The van der Waals surface area contributed by atoms with Gasteiger partial charge >= 0.3 is 0 Å². The number of amides is 1. The molecule has 0 fully saturated rings. The first-order valence-electron chi connectivity index (χ1n) is 11.6. The molecule has 0 aliphatic heterocycles. The van der Waals surface area contributed by atoms with E-state index in [2.05, 4.69) is 12.2 Å². The molecule has 0 aliphatic carbocycles. The molecular formula is C26H31N3O3S. The standard InChI is InChI=1S/C26H31N3O3S/c1-3-5-6-9-17-29-25(32)21-11-7-8-12-22(21)28-26(29)33-18-23(30)19-13-15-20(16-14-19)27-24(31)10-4-2/h7-8,11-16H,3-6,9-10,17-18H2,1-2H3,(H,27,31). The Morgan fingerprint density at radius 1 is 0.970 bits per heavy atom. The first-order chi connectivity index (χ1) is 16.0. The predicted molar refractivity (Wildman–Crippen MR) is 135 cm³/mol. The number of carbonyl (C=O) groups excluding carboxylic acids is 2. The fourth-order valence-electron chi connectivity index (χ4n) is 3.56. The highest BCUT2D eigenvalue weighted by Crippen LogP contribution is 2.21. The molecule has 1 heterocycles. The summed E-state index contributed by atoms with van der Waals surface area (Å²) in [5.41, 5.74) is 1.83. The average molecular weight is 466 g/mol. The van der Waals surface area contributed by atoms with Gasteiger partial charge in [0.2, 0.25) is 5.91 Å². The van der Waals surface area contributed by atoms with Gasteiger partial charge in [-0.2, -0.15) is 0 Å². The minimum Gasteiger partial charge on any atom is -0.326 e. The zero-order chi connectivity index (χ0) is 23.6. The van der Waals surface area contributed by atoms with Crippen molar-refractivity contribution < 1.29 is 9.59 Å². The smallest absolute Gasteiger partial charge is 0.262 e. The number of hydrogen-bond donors (Lipinski definition) is 1. The van der Waals surface area contributed by atoms with E-state index >= 15 is 0 Å². The number of fused-ring (bicyclic) bond motifs is 1. The number of Topliss-reactive ketones (excluding diaryl/α,β-unsaturated/α-hetero) is 1. The van der Waals surface area contributed by atoms with Crippen LogP contribution in [0, 0.1) is 0 Å². The molecule has 1 amide bonds. The summed E-state index contributed by atoms with van der Waals surface area (Å²) < 4.78 is 1.71. The Morgan fingerprint density at radius 3 is 2.45 bits per heavy atom. The summed E-state index contributed by atoms with van der Waals surface area (Å²) in [5, 5.41) is 4.00. The first kappa shape index (κ1) is 24.7. The van der Waals surface area contributed by atoms with Gasteiger partial charge in [0, 0.05) is 24.2 Å². The van der Waals surface area contributed by atoms with Crippen molar-refractivity contribution >= 4 is 40.0 Å². The summed E-state index contributed by atoms with van der Waals surface area (Å²) in [4.78, 5) is 42.3. The predicted octanol–water partition coefficient (Wildman–Crippen LogP) is 5.69. The largest absolute Gasteiger partial charge is 0.326 e. The number of nitrogens with one attached hydrogen (secondary N) is 1. The monoisotopic (exact) mass is 465 g/mol. The van der Waals surface area contributed by atoms with E-state index in [4.69, 9.17) is 4.98 Å². The van der Waals surface area contributed by atoms with Crippen LogP contribution in [0.5, 0.6) is 0 Å². The zero-order valence-electron chi connectivity index (χ0n) is 19.3. The van der Waals surface area contributed by atoms with Crippen LogP contribution < -0.4 is 10.9 Å². The number of benzene rings is 2. The molecule has 0 atom stereocenters. The second-order valence-electron chi connectivity index (χ2n) is 8.02. The molecule has 6 nitrogen and oxygen atoms in total. The molecule has 7 heteroatoms. The van der Waals surface area contributed by atoms with Crippen molar-refractivity contribution in [3.63, 3.8) is 0 Å². The maximum Gasteiger partial charge on any atom is 0.262 e. The van der Waals surface area contributed by atoms with Crippen molar-refractivity contribution in [2.45, 2.75) is 64.1 Å². The van der Waals surface area contributed by atoms with Crippen molar-refractivity contribution in [2.75, 3.05) is 11.1 Å². The Kier molecular flexibility index (Phi) is 9.24. The molecule has 2 aromatic carbocycles. The summed E-state index contributed by atoms with van der Waals surface area (Å²) in [6.45, 7) is 4.70. The Hall–Kier alpha value is -2.93. The second-order valence-corrected chi connectivity index (χ2v) is 8.96. The van der Waals surface area contributed by atoms with E-state index in [0.29, 0.717) is 40.3 Å². The number of para-hydroxylation sites is 1. The van der Waals surface area contributed by atoms with Crippen molar-refractivity contribution in [1.29, 1.82) is 0 Å². The molecule has 3 aromatic rings. The van der Waals surface area contributed by atoms with E-state index in [9.17, 15) is 14.4 Å². The van der Waals surface area contributed by atoms with E-state index in [1.165, 1.54) is 11.8 Å². The lowest BCUT2D eigenvalue weighted by atomic mass is 10.1. The van der Waals surface area contributed by atoms with Crippen LogP contribution in [0.1, 0.15) is 62.7 Å². The van der Waals surface area contributed by atoms with Gasteiger partial charge in [0.05, 0.1) is 16.7 Å². The molecule has 0 aliphatic rings. The number of unbranched alkanes of at least 4 members (excludes halogenated alkanes) is 3. The average Bonchev–Trinajstić information content (AvgIpc) is 2.82. The topological polar surface area (TPSA) is 81.1 Å². The van der Waals surface area contributed by atoms with Gasteiger partial charge in [-0.15, -0.1) is 0 Å². The SMILES string of the molecule is CCCCCCn1c(SCC(=O)c2ccc(NC(=O)CCC)cc2)nc2ccccc2c1=O. The highest BCUT2D eigenvalue weighted by atomic mass is 32.2.